The molecular weight excluding hydrogens is 446 g/mol. The van der Waals surface area contributed by atoms with Gasteiger partial charge in [0.25, 0.3) is 0 Å². The first kappa shape index (κ1) is 22.7. The minimum atomic E-state index is -0.0320. The summed E-state index contributed by atoms with van der Waals surface area (Å²) >= 11 is 0. The van der Waals surface area contributed by atoms with Gasteiger partial charge in [-0.05, 0) is 72.5 Å². The van der Waals surface area contributed by atoms with E-state index in [0.29, 0.717) is 0 Å². The molecule has 1 aliphatic rings. The van der Waals surface area contributed by atoms with Crippen LogP contribution in [0.4, 0.5) is 0 Å². The van der Waals surface area contributed by atoms with Gasteiger partial charge in [-0.25, -0.2) is 9.50 Å². The maximum absolute atomic E-state index is 6.23. The number of rotatable bonds is 7. The number of ether oxygens (including phenoxy) is 1. The van der Waals surface area contributed by atoms with Gasteiger partial charge in [-0.15, -0.1) is 0 Å². The molecule has 0 aliphatic carbocycles. The van der Waals surface area contributed by atoms with Gasteiger partial charge >= 0.3 is 0 Å². The van der Waals surface area contributed by atoms with Gasteiger partial charge in [0.15, 0.2) is 5.65 Å². The van der Waals surface area contributed by atoms with Gasteiger partial charge in [-0.2, -0.15) is 5.10 Å². The Morgan fingerprint density at radius 1 is 0.889 bits per heavy atom. The fourth-order valence-corrected chi connectivity index (χ4v) is 5.21. The largest absolute Gasteiger partial charge is 0.492 e. The van der Waals surface area contributed by atoms with Crippen molar-refractivity contribution in [3.8, 4) is 28.0 Å². The Kier molecular flexibility index (Phi) is 6.13. The lowest BCUT2D eigenvalue weighted by atomic mass is 9.94. The lowest BCUT2D eigenvalue weighted by molar-refractivity contribution is 0.238. The predicted molar refractivity (Wildman–Crippen MR) is 145 cm³/mol. The number of benzene rings is 3. The average molecular weight is 478 g/mol. The monoisotopic (exact) mass is 477 g/mol. The van der Waals surface area contributed by atoms with Gasteiger partial charge in [0.05, 0.1) is 6.20 Å². The Bertz CT molecular complexity index is 1500. The molecule has 0 amide bonds. The fourth-order valence-electron chi connectivity index (χ4n) is 5.21. The van der Waals surface area contributed by atoms with E-state index >= 15 is 0 Å². The Morgan fingerprint density at radius 3 is 2.44 bits per heavy atom. The van der Waals surface area contributed by atoms with Crippen molar-refractivity contribution >= 4 is 16.4 Å². The number of hydrogen-bond donors (Lipinski definition) is 1. The molecule has 6 heteroatoms. The predicted octanol–water partition coefficient (Wildman–Crippen LogP) is 5.71. The van der Waals surface area contributed by atoms with Crippen LogP contribution in [0, 0.1) is 0 Å². The Hall–Kier alpha value is -3.74. The van der Waals surface area contributed by atoms with Crippen LogP contribution < -0.4 is 10.5 Å². The number of nitrogens with two attached hydrogens (primary N) is 1. The summed E-state index contributed by atoms with van der Waals surface area (Å²) in [7, 11) is 0. The molecule has 0 saturated carbocycles. The number of nitrogens with zero attached hydrogens (tertiary/aromatic N) is 4. The van der Waals surface area contributed by atoms with E-state index in [1.807, 2.05) is 42.2 Å². The van der Waals surface area contributed by atoms with Gasteiger partial charge in [0.2, 0.25) is 0 Å². The van der Waals surface area contributed by atoms with Gasteiger partial charge < -0.3 is 10.5 Å². The molecule has 1 fully saturated rings. The van der Waals surface area contributed by atoms with Crippen LogP contribution in [-0.2, 0) is 0 Å². The Labute approximate surface area is 211 Å². The number of fused-ring (bicyclic) bond motifs is 2. The van der Waals surface area contributed by atoms with E-state index in [-0.39, 0.29) is 6.04 Å². The Balaban J connectivity index is 1.25. The van der Waals surface area contributed by atoms with E-state index in [0.717, 1.165) is 57.8 Å². The molecule has 3 aromatic carbocycles. The van der Waals surface area contributed by atoms with E-state index in [2.05, 4.69) is 58.5 Å². The first-order valence-corrected chi connectivity index (χ1v) is 12.7. The van der Waals surface area contributed by atoms with E-state index in [1.165, 1.54) is 31.3 Å². The zero-order chi connectivity index (χ0) is 24.5. The summed E-state index contributed by atoms with van der Waals surface area (Å²) in [4.78, 5) is 7.28. The maximum atomic E-state index is 6.23. The van der Waals surface area contributed by atoms with Crippen LogP contribution in [0.2, 0.25) is 0 Å². The lowest BCUT2D eigenvalue weighted by Gasteiger charge is -2.15. The van der Waals surface area contributed by atoms with Crippen molar-refractivity contribution in [1.29, 1.82) is 0 Å². The van der Waals surface area contributed by atoms with Gasteiger partial charge in [-0.3, -0.25) is 4.90 Å². The SMILES string of the molecule is CC(N)c1ccc(-c2cnn3cc(-c4ccc(OCCN5CCCC5)cc4)cnc23)c2ccccc12. The molecule has 0 bridgehead atoms. The van der Waals surface area contributed by atoms with Crippen LogP contribution >= 0.6 is 0 Å². The lowest BCUT2D eigenvalue weighted by Crippen LogP contribution is -2.25. The summed E-state index contributed by atoms with van der Waals surface area (Å²) in [6, 6.07) is 20.8. The third kappa shape index (κ3) is 4.34. The smallest absolute Gasteiger partial charge is 0.162 e. The van der Waals surface area contributed by atoms with Gasteiger partial charge in [-0.1, -0.05) is 48.5 Å². The summed E-state index contributed by atoms with van der Waals surface area (Å²) in [5, 5.41) is 6.97. The van der Waals surface area contributed by atoms with Crippen LogP contribution in [-0.4, -0.2) is 45.7 Å². The maximum Gasteiger partial charge on any atom is 0.162 e. The fraction of sp³-hybridized carbons (Fsp3) is 0.267. The highest BCUT2D eigenvalue weighted by Crippen LogP contribution is 2.34. The van der Waals surface area contributed by atoms with E-state index in [1.54, 1.807) is 0 Å². The van der Waals surface area contributed by atoms with Crippen LogP contribution in [0.15, 0.2) is 79.3 Å². The first-order chi connectivity index (χ1) is 17.7. The molecule has 1 aliphatic heterocycles. The Morgan fingerprint density at radius 2 is 1.67 bits per heavy atom. The third-order valence-corrected chi connectivity index (χ3v) is 7.16. The molecule has 36 heavy (non-hydrogen) atoms. The minimum absolute atomic E-state index is 0.0320. The van der Waals surface area contributed by atoms with Crippen LogP contribution in [0.1, 0.15) is 31.4 Å². The van der Waals surface area contributed by atoms with Crippen molar-refractivity contribution in [1.82, 2.24) is 19.5 Å². The zero-order valence-corrected chi connectivity index (χ0v) is 20.6. The molecule has 182 valence electrons. The molecule has 6 rings (SSSR count). The van der Waals surface area contributed by atoms with Gasteiger partial charge in [0.1, 0.15) is 12.4 Å². The molecule has 1 atom stereocenters. The molecule has 2 aromatic heterocycles. The molecule has 3 heterocycles. The topological polar surface area (TPSA) is 68.7 Å². The molecule has 2 N–H and O–H groups in total. The highest BCUT2D eigenvalue weighted by atomic mass is 16.5. The molecule has 1 unspecified atom stereocenters. The van der Waals surface area contributed by atoms with Crippen molar-refractivity contribution in [3.63, 3.8) is 0 Å². The molecule has 0 spiro atoms. The van der Waals surface area contributed by atoms with Crippen molar-refractivity contribution in [2.45, 2.75) is 25.8 Å². The average Bonchev–Trinajstić information content (AvgIpc) is 3.58. The van der Waals surface area contributed by atoms with Crippen molar-refractivity contribution < 1.29 is 4.74 Å². The van der Waals surface area contributed by atoms with Crippen LogP contribution in [0.5, 0.6) is 5.75 Å². The second kappa shape index (κ2) is 9.72. The summed E-state index contributed by atoms with van der Waals surface area (Å²) in [5.41, 5.74) is 12.4. The standard InChI is InChI=1S/C30H31N5O/c1-21(31)25-12-13-28(27-7-3-2-6-26(25)27)29-19-33-35-20-23(18-32-30(29)35)22-8-10-24(11-9-22)36-17-16-34-14-4-5-15-34/h2-3,6-13,18-21H,4-5,14-17,31H2,1H3. The number of hydrogen-bond acceptors (Lipinski definition) is 5. The second-order valence-corrected chi connectivity index (χ2v) is 9.63. The van der Waals surface area contributed by atoms with Gasteiger partial charge in [0, 0.05) is 36.1 Å². The summed E-state index contributed by atoms with van der Waals surface area (Å²) in [6.07, 6.45) is 8.47. The summed E-state index contributed by atoms with van der Waals surface area (Å²) in [5.74, 6) is 0.899. The van der Waals surface area contributed by atoms with Crippen LogP contribution in [0.3, 0.4) is 0 Å². The quantitative estimate of drug-likeness (QED) is 0.325. The third-order valence-electron chi connectivity index (χ3n) is 7.16. The van der Waals surface area contributed by atoms with Crippen LogP contribution in [0.25, 0.3) is 38.7 Å². The zero-order valence-electron chi connectivity index (χ0n) is 20.6. The highest BCUT2D eigenvalue weighted by Gasteiger charge is 2.15. The number of aromatic nitrogens is 3. The number of likely N-dealkylation sites (tertiary alicyclic amines) is 1. The minimum Gasteiger partial charge on any atom is -0.492 e. The van der Waals surface area contributed by atoms with Crippen molar-refractivity contribution in [2.75, 3.05) is 26.2 Å². The highest BCUT2D eigenvalue weighted by molar-refractivity contribution is 6.01. The van der Waals surface area contributed by atoms with E-state index < -0.39 is 0 Å². The van der Waals surface area contributed by atoms with Crippen molar-refractivity contribution in [2.24, 2.45) is 5.73 Å². The first-order valence-electron chi connectivity index (χ1n) is 12.7. The molecular formula is C30H31N5O. The summed E-state index contributed by atoms with van der Waals surface area (Å²) in [6.45, 7) is 6.13. The normalized spacial score (nSPS) is 15.1. The molecule has 1 saturated heterocycles. The molecule has 6 nitrogen and oxygen atoms in total. The second-order valence-electron chi connectivity index (χ2n) is 9.63. The van der Waals surface area contributed by atoms with Crippen molar-refractivity contribution in [3.05, 3.63) is 84.8 Å². The summed E-state index contributed by atoms with van der Waals surface area (Å²) < 4.78 is 7.82. The van der Waals surface area contributed by atoms with E-state index in [4.69, 9.17) is 15.5 Å². The van der Waals surface area contributed by atoms with E-state index in [9.17, 15) is 0 Å². The molecule has 5 aromatic rings. The molecule has 0 radical (unpaired) electrons.